The summed E-state index contributed by atoms with van der Waals surface area (Å²) in [7, 11) is -1.10. The molecular weight excluding hydrogens is 372 g/mol. The first-order chi connectivity index (χ1) is 13.7. The summed E-state index contributed by atoms with van der Waals surface area (Å²) in [5, 5.41) is 3.39. The quantitative estimate of drug-likeness (QED) is 0.289. The predicted molar refractivity (Wildman–Crippen MR) is 129 cm³/mol. The van der Waals surface area contributed by atoms with E-state index < -0.39 is 8.80 Å². The highest BCUT2D eigenvalue weighted by Gasteiger charge is 2.30. The average molecular weight is 405 g/mol. The number of rotatable bonds is 8. The van der Waals surface area contributed by atoms with E-state index in [4.69, 9.17) is 0 Å². The molecular formula is C26H32SSi. The number of fused-ring (bicyclic) bond motifs is 3. The van der Waals surface area contributed by atoms with Crippen molar-refractivity contribution in [3.63, 3.8) is 0 Å². The number of hydrogen-bond acceptors (Lipinski definition) is 1. The van der Waals surface area contributed by atoms with Crippen molar-refractivity contribution in [2.45, 2.75) is 65.3 Å². The molecule has 0 radical (unpaired) electrons. The molecule has 3 aromatic rings. The smallest absolute Gasteiger partial charge is 0.104 e. The Kier molecular flexibility index (Phi) is 6.18. The molecule has 1 unspecified atom stereocenters. The van der Waals surface area contributed by atoms with Crippen molar-refractivity contribution < 1.29 is 0 Å². The number of unbranched alkanes of at least 4 members (excludes halogenated alkanes) is 5. The fourth-order valence-corrected chi connectivity index (χ4v) is 9.28. The van der Waals surface area contributed by atoms with Gasteiger partial charge >= 0.3 is 0 Å². The normalized spacial score (nSPS) is 14.9. The third kappa shape index (κ3) is 4.04. The maximum atomic E-state index is 2.55. The molecule has 0 nitrogen and oxygen atoms in total. The van der Waals surface area contributed by atoms with Gasteiger partial charge in [0.15, 0.2) is 0 Å². The fraction of sp³-hybridized carbons (Fsp3) is 0.385. The van der Waals surface area contributed by atoms with Crippen LogP contribution >= 0.6 is 11.3 Å². The molecule has 0 spiro atoms. The van der Waals surface area contributed by atoms with Gasteiger partial charge in [0.1, 0.15) is 8.80 Å². The van der Waals surface area contributed by atoms with Gasteiger partial charge in [-0.15, -0.1) is 11.3 Å². The molecule has 2 heteroatoms. The highest BCUT2D eigenvalue weighted by molar-refractivity contribution is 7.15. The minimum atomic E-state index is -1.10. The monoisotopic (exact) mass is 404 g/mol. The van der Waals surface area contributed by atoms with Gasteiger partial charge in [-0.25, -0.2) is 0 Å². The number of hydrogen-bond donors (Lipinski definition) is 0. The molecule has 1 aliphatic rings. The van der Waals surface area contributed by atoms with Gasteiger partial charge in [0.25, 0.3) is 0 Å². The molecule has 0 saturated carbocycles. The van der Waals surface area contributed by atoms with Crippen molar-refractivity contribution in [1.82, 2.24) is 0 Å². The number of aryl methyl sites for hydroxylation is 2. The van der Waals surface area contributed by atoms with E-state index in [2.05, 4.69) is 69.3 Å². The van der Waals surface area contributed by atoms with Crippen LogP contribution in [-0.4, -0.2) is 8.80 Å². The van der Waals surface area contributed by atoms with E-state index in [0.29, 0.717) is 0 Å². The third-order valence-electron chi connectivity index (χ3n) is 6.17. The molecule has 0 aliphatic carbocycles. The van der Waals surface area contributed by atoms with Gasteiger partial charge in [0, 0.05) is 9.75 Å². The summed E-state index contributed by atoms with van der Waals surface area (Å²) < 4.78 is 0. The van der Waals surface area contributed by atoms with Crippen molar-refractivity contribution in [2.75, 3.05) is 0 Å². The molecule has 4 rings (SSSR count). The first-order valence-corrected chi connectivity index (χ1v) is 13.8. The Labute approximate surface area is 176 Å². The van der Waals surface area contributed by atoms with Crippen molar-refractivity contribution in [3.8, 4) is 21.6 Å². The van der Waals surface area contributed by atoms with Crippen LogP contribution in [0.15, 0.2) is 48.5 Å². The minimum Gasteiger partial charge on any atom is -0.141 e. The lowest BCUT2D eigenvalue weighted by atomic mass is 10.0. The van der Waals surface area contributed by atoms with Crippen LogP contribution in [0.1, 0.15) is 55.9 Å². The van der Waals surface area contributed by atoms with E-state index in [1.807, 2.05) is 11.3 Å². The van der Waals surface area contributed by atoms with Gasteiger partial charge in [0.2, 0.25) is 0 Å². The van der Waals surface area contributed by atoms with Crippen LogP contribution < -0.4 is 10.4 Å². The lowest BCUT2D eigenvalue weighted by Gasteiger charge is -2.13. The zero-order valence-electron chi connectivity index (χ0n) is 17.6. The molecule has 2 heterocycles. The largest absolute Gasteiger partial charge is 0.141 e. The number of thiophene rings is 1. The maximum Gasteiger partial charge on any atom is 0.104 e. The summed E-state index contributed by atoms with van der Waals surface area (Å²) in [5.74, 6) is 0. The van der Waals surface area contributed by atoms with Gasteiger partial charge < -0.3 is 0 Å². The predicted octanol–water partition coefficient (Wildman–Crippen LogP) is 6.71. The highest BCUT2D eigenvalue weighted by atomic mass is 32.1. The molecule has 1 atom stereocenters. The molecule has 0 N–H and O–H groups in total. The van der Waals surface area contributed by atoms with Crippen molar-refractivity contribution in [3.05, 3.63) is 59.0 Å². The highest BCUT2D eigenvalue weighted by Crippen LogP contribution is 2.32. The first kappa shape index (κ1) is 19.7. The summed E-state index contributed by atoms with van der Waals surface area (Å²) >= 11 is 1.92. The maximum absolute atomic E-state index is 2.55. The van der Waals surface area contributed by atoms with E-state index in [0.717, 1.165) is 0 Å². The Morgan fingerprint density at radius 3 is 2.21 bits per heavy atom. The summed E-state index contributed by atoms with van der Waals surface area (Å²) in [5.41, 5.74) is 5.88. The van der Waals surface area contributed by atoms with E-state index in [1.165, 1.54) is 76.6 Å². The van der Waals surface area contributed by atoms with Crippen LogP contribution in [0.5, 0.6) is 0 Å². The topological polar surface area (TPSA) is 0 Å². The molecule has 0 fully saturated rings. The van der Waals surface area contributed by atoms with Gasteiger partial charge in [-0.05, 0) is 53.0 Å². The Bertz CT molecular complexity index is 953. The van der Waals surface area contributed by atoms with Gasteiger partial charge in [-0.3, -0.25) is 0 Å². The summed E-state index contributed by atoms with van der Waals surface area (Å²) in [6.07, 6.45) is 8.37. The van der Waals surface area contributed by atoms with Crippen molar-refractivity contribution in [2.24, 2.45) is 0 Å². The third-order valence-corrected chi connectivity index (χ3v) is 10.7. The first-order valence-electron chi connectivity index (χ1n) is 11.0. The van der Waals surface area contributed by atoms with E-state index in [1.54, 1.807) is 10.4 Å². The molecule has 28 heavy (non-hydrogen) atoms. The minimum absolute atomic E-state index is 1.10. The molecule has 2 aromatic carbocycles. The van der Waals surface area contributed by atoms with Crippen LogP contribution in [0.25, 0.3) is 21.6 Å². The van der Waals surface area contributed by atoms with E-state index in [9.17, 15) is 0 Å². The fourth-order valence-electron chi connectivity index (χ4n) is 4.66. The van der Waals surface area contributed by atoms with Crippen LogP contribution in [-0.2, 0) is 0 Å². The van der Waals surface area contributed by atoms with Gasteiger partial charge in [-0.1, -0.05) is 93.5 Å². The van der Waals surface area contributed by atoms with Gasteiger partial charge in [-0.2, -0.15) is 0 Å². The molecule has 0 saturated heterocycles. The van der Waals surface area contributed by atoms with Crippen LogP contribution in [0.3, 0.4) is 0 Å². The molecule has 0 amide bonds. The zero-order valence-corrected chi connectivity index (χ0v) is 19.5. The van der Waals surface area contributed by atoms with Crippen molar-refractivity contribution in [1.29, 1.82) is 0 Å². The molecule has 1 aliphatic heterocycles. The van der Waals surface area contributed by atoms with Crippen LogP contribution in [0.4, 0.5) is 0 Å². The zero-order chi connectivity index (χ0) is 19.5. The second-order valence-corrected chi connectivity index (χ2v) is 12.6. The molecule has 1 aromatic heterocycles. The Morgan fingerprint density at radius 2 is 1.46 bits per heavy atom. The van der Waals surface area contributed by atoms with E-state index in [-0.39, 0.29) is 0 Å². The summed E-state index contributed by atoms with van der Waals surface area (Å²) in [4.78, 5) is 2.81. The average Bonchev–Trinajstić information content (AvgIpc) is 3.25. The van der Waals surface area contributed by atoms with Crippen LogP contribution in [0, 0.1) is 13.8 Å². The molecule has 0 bridgehead atoms. The number of benzene rings is 2. The Hall–Kier alpha value is -1.64. The van der Waals surface area contributed by atoms with Gasteiger partial charge in [0.05, 0.1) is 0 Å². The Balaban J connectivity index is 1.61. The van der Waals surface area contributed by atoms with Crippen molar-refractivity contribution >= 4 is 30.5 Å². The lowest BCUT2D eigenvalue weighted by Crippen LogP contribution is -2.37. The van der Waals surface area contributed by atoms with Crippen LogP contribution in [0.2, 0.25) is 6.04 Å². The Morgan fingerprint density at radius 1 is 0.750 bits per heavy atom. The second kappa shape index (κ2) is 8.80. The SMILES string of the molecule is CCCCCCCC[SiH]1c2cc(C)ccc2-c2ccc(-c3ccc(C)s3)cc21. The summed E-state index contributed by atoms with van der Waals surface area (Å²) in [6, 6.07) is 20.4. The molecule has 146 valence electrons. The van der Waals surface area contributed by atoms with E-state index >= 15 is 0 Å². The standard InChI is InChI=1S/C26H32SSi/c1-4-5-6-7-8-9-16-28-25-17-19(2)10-13-22(25)23-14-12-21(18-26(23)28)24-15-11-20(3)27-24/h10-15,17-18,28H,4-9,16H2,1-3H3. The second-order valence-electron chi connectivity index (χ2n) is 8.41. The summed E-state index contributed by atoms with van der Waals surface area (Å²) in [6.45, 7) is 6.75. The lowest BCUT2D eigenvalue weighted by molar-refractivity contribution is 0.624.